The predicted molar refractivity (Wildman–Crippen MR) is 90.9 cm³/mol. The number of nitrogens with zero attached hydrogens (tertiary/aromatic N) is 4. The van der Waals surface area contributed by atoms with E-state index in [1.165, 1.54) is 0 Å². The maximum Gasteiger partial charge on any atom is 0.224 e. The molecular weight excluding hydrogens is 304 g/mol. The van der Waals surface area contributed by atoms with Crippen LogP contribution in [0.1, 0.15) is 32.5 Å². The van der Waals surface area contributed by atoms with Crippen molar-refractivity contribution in [3.8, 4) is 11.4 Å². The number of rotatable bonds is 5. The molecule has 24 heavy (non-hydrogen) atoms. The first-order valence-corrected chi connectivity index (χ1v) is 8.47. The second-order valence-electron chi connectivity index (χ2n) is 6.49. The van der Waals surface area contributed by atoms with Crippen molar-refractivity contribution < 1.29 is 4.79 Å². The van der Waals surface area contributed by atoms with Gasteiger partial charge in [0, 0.05) is 30.5 Å². The SMILES string of the molecule is CC(C)N1CCC[C@H](C(=O)NCc2nc(-c3ccncc3)n[nH]2)C1. The second kappa shape index (κ2) is 7.53. The average Bonchev–Trinajstić information content (AvgIpc) is 3.09. The molecule has 0 spiro atoms. The molecule has 128 valence electrons. The van der Waals surface area contributed by atoms with Gasteiger partial charge in [-0.15, -0.1) is 0 Å². The Labute approximate surface area is 141 Å². The van der Waals surface area contributed by atoms with Crippen LogP contribution in [0.5, 0.6) is 0 Å². The smallest absolute Gasteiger partial charge is 0.224 e. The van der Waals surface area contributed by atoms with Crippen LogP contribution in [0, 0.1) is 5.92 Å². The fraction of sp³-hybridized carbons (Fsp3) is 0.529. The molecule has 2 aromatic rings. The van der Waals surface area contributed by atoms with Crippen LogP contribution in [0.3, 0.4) is 0 Å². The first-order chi connectivity index (χ1) is 11.6. The summed E-state index contributed by atoms with van der Waals surface area (Å²) in [6.45, 7) is 6.64. The number of carbonyl (C=O) groups excluding carboxylic acids is 1. The summed E-state index contributed by atoms with van der Waals surface area (Å²) < 4.78 is 0. The van der Waals surface area contributed by atoms with Crippen LogP contribution in [0.15, 0.2) is 24.5 Å². The van der Waals surface area contributed by atoms with Crippen LogP contribution >= 0.6 is 0 Å². The molecule has 7 heteroatoms. The molecule has 0 aromatic carbocycles. The number of piperidine rings is 1. The van der Waals surface area contributed by atoms with E-state index in [0.717, 1.165) is 31.5 Å². The number of likely N-dealkylation sites (tertiary alicyclic amines) is 1. The number of hydrogen-bond acceptors (Lipinski definition) is 5. The third kappa shape index (κ3) is 3.97. The van der Waals surface area contributed by atoms with Gasteiger partial charge in [-0.05, 0) is 45.4 Å². The molecule has 1 aliphatic rings. The molecule has 0 aliphatic carbocycles. The first-order valence-electron chi connectivity index (χ1n) is 8.47. The maximum atomic E-state index is 12.4. The Bertz CT molecular complexity index is 669. The lowest BCUT2D eigenvalue weighted by Gasteiger charge is -2.34. The van der Waals surface area contributed by atoms with E-state index in [0.29, 0.717) is 24.2 Å². The van der Waals surface area contributed by atoms with E-state index in [4.69, 9.17) is 0 Å². The van der Waals surface area contributed by atoms with Gasteiger partial charge in [0.15, 0.2) is 5.82 Å². The minimum absolute atomic E-state index is 0.0590. The van der Waals surface area contributed by atoms with Crippen molar-refractivity contribution in [2.45, 2.75) is 39.3 Å². The summed E-state index contributed by atoms with van der Waals surface area (Å²) in [6, 6.07) is 4.19. The van der Waals surface area contributed by atoms with Crippen molar-refractivity contribution in [3.63, 3.8) is 0 Å². The van der Waals surface area contributed by atoms with Gasteiger partial charge >= 0.3 is 0 Å². The van der Waals surface area contributed by atoms with Crippen LogP contribution in [0.2, 0.25) is 0 Å². The van der Waals surface area contributed by atoms with Gasteiger partial charge in [-0.3, -0.25) is 14.9 Å². The topological polar surface area (TPSA) is 86.8 Å². The molecule has 1 atom stereocenters. The summed E-state index contributed by atoms with van der Waals surface area (Å²) in [6.07, 6.45) is 5.44. The van der Waals surface area contributed by atoms with Gasteiger partial charge < -0.3 is 10.2 Å². The summed E-state index contributed by atoms with van der Waals surface area (Å²) in [7, 11) is 0. The van der Waals surface area contributed by atoms with Crippen molar-refractivity contribution in [1.82, 2.24) is 30.4 Å². The molecule has 1 saturated heterocycles. The summed E-state index contributed by atoms with van der Waals surface area (Å²) in [5.74, 6) is 1.43. The molecule has 2 aromatic heterocycles. The van der Waals surface area contributed by atoms with Gasteiger partial charge in [-0.2, -0.15) is 5.10 Å². The monoisotopic (exact) mass is 328 g/mol. The zero-order valence-corrected chi connectivity index (χ0v) is 14.2. The lowest BCUT2D eigenvalue weighted by molar-refractivity contribution is -0.127. The maximum absolute atomic E-state index is 12.4. The lowest BCUT2D eigenvalue weighted by atomic mass is 9.96. The van der Waals surface area contributed by atoms with E-state index in [1.807, 2.05) is 12.1 Å². The Balaban J connectivity index is 1.54. The Kier molecular flexibility index (Phi) is 5.20. The Morgan fingerprint density at radius 3 is 2.96 bits per heavy atom. The highest BCUT2D eigenvalue weighted by molar-refractivity contribution is 5.78. The molecule has 2 N–H and O–H groups in total. The average molecular weight is 328 g/mol. The molecule has 3 heterocycles. The highest BCUT2D eigenvalue weighted by Gasteiger charge is 2.26. The zero-order chi connectivity index (χ0) is 16.9. The van der Waals surface area contributed by atoms with Gasteiger partial charge in [0.05, 0.1) is 12.5 Å². The number of pyridine rings is 1. The van der Waals surface area contributed by atoms with Crippen molar-refractivity contribution in [2.75, 3.05) is 13.1 Å². The minimum atomic E-state index is 0.0590. The quantitative estimate of drug-likeness (QED) is 0.870. The largest absolute Gasteiger partial charge is 0.349 e. The number of aromatic amines is 1. The highest BCUT2D eigenvalue weighted by Crippen LogP contribution is 2.18. The van der Waals surface area contributed by atoms with Gasteiger partial charge in [0.2, 0.25) is 5.91 Å². The van der Waals surface area contributed by atoms with E-state index in [-0.39, 0.29) is 11.8 Å². The molecule has 0 radical (unpaired) electrons. The lowest BCUT2D eigenvalue weighted by Crippen LogP contribution is -2.45. The first kappa shape index (κ1) is 16.6. The van der Waals surface area contributed by atoms with Crippen LogP contribution in [0.4, 0.5) is 0 Å². The predicted octanol–water partition coefficient (Wildman–Crippen LogP) is 1.60. The summed E-state index contributed by atoms with van der Waals surface area (Å²) in [5.41, 5.74) is 0.902. The normalized spacial score (nSPS) is 18.7. The van der Waals surface area contributed by atoms with Gasteiger partial charge in [-0.25, -0.2) is 4.98 Å². The van der Waals surface area contributed by atoms with Crippen LogP contribution in [-0.4, -0.2) is 50.1 Å². The molecule has 0 saturated carbocycles. The number of carbonyl (C=O) groups is 1. The summed E-state index contributed by atoms with van der Waals surface area (Å²) in [5, 5.41) is 10.1. The molecule has 1 aliphatic heterocycles. The molecule has 1 amide bonds. The fourth-order valence-corrected chi connectivity index (χ4v) is 3.01. The number of hydrogen-bond donors (Lipinski definition) is 2. The van der Waals surface area contributed by atoms with Crippen molar-refractivity contribution in [3.05, 3.63) is 30.4 Å². The summed E-state index contributed by atoms with van der Waals surface area (Å²) >= 11 is 0. The number of aromatic nitrogens is 4. The van der Waals surface area contributed by atoms with E-state index < -0.39 is 0 Å². The van der Waals surface area contributed by atoms with Crippen molar-refractivity contribution >= 4 is 5.91 Å². The highest BCUT2D eigenvalue weighted by atomic mass is 16.1. The van der Waals surface area contributed by atoms with Gasteiger partial charge in [-0.1, -0.05) is 0 Å². The number of nitrogens with one attached hydrogen (secondary N) is 2. The fourth-order valence-electron chi connectivity index (χ4n) is 3.01. The third-order valence-corrected chi connectivity index (χ3v) is 4.45. The molecule has 7 nitrogen and oxygen atoms in total. The van der Waals surface area contributed by atoms with E-state index in [1.54, 1.807) is 12.4 Å². The number of H-pyrrole nitrogens is 1. The van der Waals surface area contributed by atoms with Crippen LogP contribution < -0.4 is 5.32 Å². The van der Waals surface area contributed by atoms with Crippen molar-refractivity contribution in [1.29, 1.82) is 0 Å². The standard InChI is InChI=1S/C17H24N6O/c1-12(2)23-9-3-4-14(11-23)17(24)19-10-15-20-16(22-21-15)13-5-7-18-8-6-13/h5-8,12,14H,3-4,9-11H2,1-2H3,(H,19,24)(H,20,21,22)/t14-/m0/s1. The molecule has 0 unspecified atom stereocenters. The Morgan fingerprint density at radius 2 is 2.21 bits per heavy atom. The summed E-state index contributed by atoms with van der Waals surface area (Å²) in [4.78, 5) is 23.2. The molecule has 1 fully saturated rings. The Hall–Kier alpha value is -2.28. The molecule has 3 rings (SSSR count). The van der Waals surface area contributed by atoms with E-state index in [2.05, 4.69) is 44.2 Å². The molecule has 0 bridgehead atoms. The molecular formula is C17H24N6O. The number of amides is 1. The van der Waals surface area contributed by atoms with Crippen molar-refractivity contribution in [2.24, 2.45) is 5.92 Å². The minimum Gasteiger partial charge on any atom is -0.349 e. The zero-order valence-electron chi connectivity index (χ0n) is 14.2. The van der Waals surface area contributed by atoms with E-state index in [9.17, 15) is 4.79 Å². The van der Waals surface area contributed by atoms with Crippen LogP contribution in [-0.2, 0) is 11.3 Å². The Morgan fingerprint density at radius 1 is 1.42 bits per heavy atom. The van der Waals surface area contributed by atoms with E-state index >= 15 is 0 Å². The second-order valence-corrected chi connectivity index (χ2v) is 6.49. The third-order valence-electron chi connectivity index (χ3n) is 4.45. The van der Waals surface area contributed by atoms with Gasteiger partial charge in [0.25, 0.3) is 0 Å². The van der Waals surface area contributed by atoms with Crippen LogP contribution in [0.25, 0.3) is 11.4 Å². The van der Waals surface area contributed by atoms with Gasteiger partial charge in [0.1, 0.15) is 5.82 Å².